The van der Waals surface area contributed by atoms with Crippen molar-refractivity contribution in [3.63, 3.8) is 0 Å². The molecule has 39 heavy (non-hydrogen) atoms. The maximum Gasteiger partial charge on any atom is 0.333 e. The number of carbonyl (C=O) groups is 3. The van der Waals surface area contributed by atoms with Crippen molar-refractivity contribution >= 4 is 17.9 Å². The van der Waals surface area contributed by atoms with E-state index in [2.05, 4.69) is 24.5 Å². The monoisotopic (exact) mass is 547 g/mol. The molecule has 1 heterocycles. The second kappa shape index (κ2) is 22.3. The van der Waals surface area contributed by atoms with Crippen molar-refractivity contribution in [3.8, 4) is 0 Å². The molecule has 0 aromatic rings. The first kappa shape index (κ1) is 34.5. The van der Waals surface area contributed by atoms with Gasteiger partial charge in [-0.1, -0.05) is 109 Å². The Hall–Kier alpha value is -2.57. The smallest absolute Gasteiger partial charge is 0.333 e. The average molecular weight is 548 g/mol. The minimum Gasteiger partial charge on any atom is -0.481 e. The first-order chi connectivity index (χ1) is 18.8. The van der Waals surface area contributed by atoms with Gasteiger partial charge in [-0.25, -0.2) is 4.79 Å². The summed E-state index contributed by atoms with van der Waals surface area (Å²) in [5, 5.41) is 9.42. The first-order valence-electron chi connectivity index (χ1n) is 15.2. The quantitative estimate of drug-likeness (QED) is 0.0766. The maximum absolute atomic E-state index is 12.3. The molecule has 0 spiro atoms. The molecule has 1 rings (SSSR count). The van der Waals surface area contributed by atoms with Gasteiger partial charge in [-0.05, 0) is 25.8 Å². The molecule has 0 amide bonds. The minimum absolute atomic E-state index is 0.0418. The van der Waals surface area contributed by atoms with Gasteiger partial charge in [0.15, 0.2) is 0 Å². The lowest BCUT2D eigenvalue weighted by atomic mass is 10.0. The molecule has 222 valence electrons. The van der Waals surface area contributed by atoms with E-state index in [9.17, 15) is 19.5 Å². The van der Waals surface area contributed by atoms with Crippen LogP contribution in [0.1, 0.15) is 117 Å². The second-order valence-corrected chi connectivity index (χ2v) is 10.7. The van der Waals surface area contributed by atoms with Gasteiger partial charge in [0.25, 0.3) is 0 Å². The summed E-state index contributed by atoms with van der Waals surface area (Å²) in [6.45, 7) is 9.01. The number of esters is 2. The van der Waals surface area contributed by atoms with Gasteiger partial charge in [-0.15, -0.1) is 0 Å². The Kier molecular flexibility index (Phi) is 19.7. The Bertz CT molecular complexity index is 788. The number of ether oxygens (including phenoxy) is 2. The van der Waals surface area contributed by atoms with Gasteiger partial charge in [-0.2, -0.15) is 0 Å². The van der Waals surface area contributed by atoms with Crippen molar-refractivity contribution in [1.82, 2.24) is 4.90 Å². The van der Waals surface area contributed by atoms with Gasteiger partial charge < -0.3 is 19.5 Å². The number of carboxylic acids is 1. The molecule has 1 aliphatic rings. The molecule has 0 fully saturated rings. The van der Waals surface area contributed by atoms with Crippen LogP contribution in [0.3, 0.4) is 0 Å². The number of hydrogen-bond acceptors (Lipinski definition) is 6. The Morgan fingerprint density at radius 1 is 0.923 bits per heavy atom. The summed E-state index contributed by atoms with van der Waals surface area (Å²) in [6.07, 6.45) is 24.4. The highest BCUT2D eigenvalue weighted by atomic mass is 16.5. The van der Waals surface area contributed by atoms with Crippen LogP contribution in [0, 0.1) is 5.92 Å². The van der Waals surface area contributed by atoms with E-state index in [-0.39, 0.29) is 31.6 Å². The molecule has 0 aliphatic carbocycles. The van der Waals surface area contributed by atoms with E-state index < -0.39 is 23.8 Å². The average Bonchev–Trinajstić information content (AvgIpc) is 2.91. The van der Waals surface area contributed by atoms with Gasteiger partial charge in [0.1, 0.15) is 6.61 Å². The number of nitrogens with zero attached hydrogens (tertiary/aromatic N) is 1. The van der Waals surface area contributed by atoms with Crippen LogP contribution in [0.2, 0.25) is 0 Å². The largest absolute Gasteiger partial charge is 0.481 e. The number of aliphatic carboxylic acids is 1. The molecule has 1 atom stereocenters. The molecule has 1 N–H and O–H groups in total. The van der Waals surface area contributed by atoms with E-state index in [1.54, 1.807) is 0 Å². The third-order valence-corrected chi connectivity index (χ3v) is 7.13. The summed E-state index contributed by atoms with van der Waals surface area (Å²) in [4.78, 5) is 37.5. The lowest BCUT2D eigenvalue weighted by Gasteiger charge is -2.28. The molecule has 0 bridgehead atoms. The first-order valence-corrected chi connectivity index (χ1v) is 15.2. The van der Waals surface area contributed by atoms with Crippen LogP contribution in [0.25, 0.3) is 0 Å². The van der Waals surface area contributed by atoms with Gasteiger partial charge in [-0.3, -0.25) is 9.59 Å². The fraction of sp³-hybridized carbons (Fsp3) is 0.719. The van der Waals surface area contributed by atoms with Crippen molar-refractivity contribution < 1.29 is 29.0 Å². The van der Waals surface area contributed by atoms with Crippen molar-refractivity contribution in [2.24, 2.45) is 5.92 Å². The predicted molar refractivity (Wildman–Crippen MR) is 156 cm³/mol. The number of carboxylic acid groups (broad SMARTS) is 1. The molecule has 0 radical (unpaired) electrons. The predicted octanol–water partition coefficient (Wildman–Crippen LogP) is 7.37. The van der Waals surface area contributed by atoms with Crippen molar-refractivity contribution in [2.75, 3.05) is 26.3 Å². The molecular formula is C32H53NO6. The van der Waals surface area contributed by atoms with E-state index >= 15 is 0 Å². The number of allylic oxidation sites excluding steroid dienone is 2. The summed E-state index contributed by atoms with van der Waals surface area (Å²) in [6, 6.07) is 0. The third kappa shape index (κ3) is 17.6. The lowest BCUT2D eigenvalue weighted by Crippen LogP contribution is -2.30. The minimum atomic E-state index is -1.11. The molecule has 0 aromatic heterocycles. The van der Waals surface area contributed by atoms with Crippen LogP contribution in [0.15, 0.2) is 36.1 Å². The summed E-state index contributed by atoms with van der Waals surface area (Å²) in [7, 11) is 0. The molecule has 7 nitrogen and oxygen atoms in total. The molecule has 0 saturated carbocycles. The highest BCUT2D eigenvalue weighted by molar-refractivity contribution is 5.87. The van der Waals surface area contributed by atoms with Gasteiger partial charge in [0, 0.05) is 18.7 Å². The number of carbonyl (C=O) groups excluding carboxylic acids is 2. The van der Waals surface area contributed by atoms with E-state index in [4.69, 9.17) is 9.47 Å². The standard InChI is InChI=1S/C32H53NO6/c1-4-5-6-7-8-9-10-11-12-13-14-15-16-18-22-33-23-19-17-20-29(33)26-39-30(34)25-28(31(35)36)21-24-38-32(37)27(2)3/h17,19-20,28H,2,4-16,18,21-26H2,1,3H3,(H,35,36). The zero-order chi connectivity index (χ0) is 28.7. The van der Waals surface area contributed by atoms with Crippen LogP contribution in [0.4, 0.5) is 0 Å². The zero-order valence-electron chi connectivity index (χ0n) is 24.6. The zero-order valence-corrected chi connectivity index (χ0v) is 24.6. The fourth-order valence-corrected chi connectivity index (χ4v) is 4.61. The number of hydrogen-bond donors (Lipinski definition) is 1. The SMILES string of the molecule is C=C(C)C(=O)OCCC(CC(=O)OCC1=CC=CCN1CCCCCCCCCCCCCCCC)C(=O)O. The maximum atomic E-state index is 12.3. The summed E-state index contributed by atoms with van der Waals surface area (Å²) < 4.78 is 10.4. The van der Waals surface area contributed by atoms with Crippen LogP contribution in [-0.4, -0.2) is 54.2 Å². The molecule has 7 heteroatoms. The summed E-state index contributed by atoms with van der Waals surface area (Å²) in [5.41, 5.74) is 1.18. The van der Waals surface area contributed by atoms with Crippen molar-refractivity contribution in [1.29, 1.82) is 0 Å². The third-order valence-electron chi connectivity index (χ3n) is 7.13. The molecule has 0 saturated heterocycles. The van der Waals surface area contributed by atoms with Crippen LogP contribution in [-0.2, 0) is 23.9 Å². The van der Waals surface area contributed by atoms with E-state index in [1.165, 1.54) is 90.4 Å². The van der Waals surface area contributed by atoms with Gasteiger partial charge in [0.05, 0.1) is 24.6 Å². The molecule has 1 aliphatic heterocycles. The van der Waals surface area contributed by atoms with E-state index in [0.29, 0.717) is 0 Å². The molecule has 0 aromatic carbocycles. The van der Waals surface area contributed by atoms with Crippen LogP contribution in [0.5, 0.6) is 0 Å². The normalized spacial score (nSPS) is 13.6. The summed E-state index contributed by atoms with van der Waals surface area (Å²) >= 11 is 0. The Morgan fingerprint density at radius 2 is 1.49 bits per heavy atom. The topological polar surface area (TPSA) is 93.1 Å². The molecular weight excluding hydrogens is 494 g/mol. The van der Waals surface area contributed by atoms with Crippen LogP contribution >= 0.6 is 0 Å². The van der Waals surface area contributed by atoms with Crippen LogP contribution < -0.4 is 0 Å². The highest BCUT2D eigenvalue weighted by Gasteiger charge is 2.23. The lowest BCUT2D eigenvalue weighted by molar-refractivity contribution is -0.152. The van der Waals surface area contributed by atoms with Gasteiger partial charge >= 0.3 is 17.9 Å². The van der Waals surface area contributed by atoms with E-state index in [1.807, 2.05) is 12.2 Å². The van der Waals surface area contributed by atoms with Gasteiger partial charge in [0.2, 0.25) is 0 Å². The Morgan fingerprint density at radius 3 is 2.03 bits per heavy atom. The van der Waals surface area contributed by atoms with E-state index in [0.717, 1.165) is 25.2 Å². The fourth-order valence-electron chi connectivity index (χ4n) is 4.61. The summed E-state index contributed by atoms with van der Waals surface area (Å²) in [5.74, 6) is -3.22. The number of rotatable bonds is 24. The molecule has 1 unspecified atom stereocenters. The number of unbranched alkanes of at least 4 members (excludes halogenated alkanes) is 13. The van der Waals surface area contributed by atoms with Crippen molar-refractivity contribution in [3.05, 3.63) is 36.1 Å². The van der Waals surface area contributed by atoms with Crippen molar-refractivity contribution in [2.45, 2.75) is 117 Å². The highest BCUT2D eigenvalue weighted by Crippen LogP contribution is 2.17. The second-order valence-electron chi connectivity index (χ2n) is 10.7. The Labute approximate surface area is 236 Å². The Balaban J connectivity index is 2.18.